The van der Waals surface area contributed by atoms with Crippen LogP contribution in [0.4, 0.5) is 5.69 Å². The Labute approximate surface area is 101 Å². The van der Waals surface area contributed by atoms with Gasteiger partial charge in [-0.1, -0.05) is 6.42 Å². The molecule has 4 nitrogen and oxygen atoms in total. The molecule has 0 heterocycles. The Morgan fingerprint density at radius 2 is 2.06 bits per heavy atom. The van der Waals surface area contributed by atoms with E-state index in [1.807, 2.05) is 13.8 Å². The summed E-state index contributed by atoms with van der Waals surface area (Å²) in [6, 6.07) is 3.21. The second kappa shape index (κ2) is 4.45. The highest BCUT2D eigenvalue weighted by Gasteiger charge is 2.28. The SMILES string of the molecule is Cc1cc([N+](=O)[O-])cc(C(N)C2CCC2)c1C. The minimum Gasteiger partial charge on any atom is -0.324 e. The van der Waals surface area contributed by atoms with E-state index in [9.17, 15) is 10.1 Å². The fourth-order valence-electron chi connectivity index (χ4n) is 2.37. The number of nitro benzene ring substituents is 1. The van der Waals surface area contributed by atoms with E-state index in [4.69, 9.17) is 5.73 Å². The van der Waals surface area contributed by atoms with Gasteiger partial charge in [0.2, 0.25) is 0 Å². The molecular formula is C13H18N2O2. The summed E-state index contributed by atoms with van der Waals surface area (Å²) in [7, 11) is 0. The highest BCUT2D eigenvalue weighted by atomic mass is 16.6. The molecule has 0 radical (unpaired) electrons. The molecule has 1 fully saturated rings. The lowest BCUT2D eigenvalue weighted by Gasteiger charge is -2.32. The summed E-state index contributed by atoms with van der Waals surface area (Å²) in [5.74, 6) is 0.495. The van der Waals surface area contributed by atoms with Crippen LogP contribution in [-0.2, 0) is 0 Å². The predicted octanol–water partition coefficient (Wildman–Crippen LogP) is 3.01. The summed E-state index contributed by atoms with van der Waals surface area (Å²) in [4.78, 5) is 10.5. The van der Waals surface area contributed by atoms with E-state index < -0.39 is 0 Å². The molecule has 0 amide bonds. The summed E-state index contributed by atoms with van der Waals surface area (Å²) in [5.41, 5.74) is 9.35. The topological polar surface area (TPSA) is 69.2 Å². The van der Waals surface area contributed by atoms with E-state index in [1.54, 1.807) is 12.1 Å². The Kier molecular flexibility index (Phi) is 3.15. The maximum Gasteiger partial charge on any atom is 0.270 e. The van der Waals surface area contributed by atoms with Gasteiger partial charge in [-0.2, -0.15) is 0 Å². The van der Waals surface area contributed by atoms with Gasteiger partial charge in [0, 0.05) is 18.2 Å². The van der Waals surface area contributed by atoms with Gasteiger partial charge in [0.25, 0.3) is 5.69 Å². The van der Waals surface area contributed by atoms with Gasteiger partial charge in [-0.25, -0.2) is 0 Å². The van der Waals surface area contributed by atoms with Crippen LogP contribution in [-0.4, -0.2) is 4.92 Å². The van der Waals surface area contributed by atoms with Gasteiger partial charge in [0.05, 0.1) is 4.92 Å². The van der Waals surface area contributed by atoms with Crippen molar-refractivity contribution in [3.63, 3.8) is 0 Å². The predicted molar refractivity (Wildman–Crippen MR) is 66.8 cm³/mol. The Morgan fingerprint density at radius 1 is 1.41 bits per heavy atom. The van der Waals surface area contributed by atoms with E-state index in [-0.39, 0.29) is 16.7 Å². The lowest BCUT2D eigenvalue weighted by molar-refractivity contribution is -0.385. The third kappa shape index (κ3) is 2.17. The van der Waals surface area contributed by atoms with Crippen LogP contribution in [0, 0.1) is 29.9 Å². The largest absolute Gasteiger partial charge is 0.324 e. The third-order valence-electron chi connectivity index (χ3n) is 3.92. The second-order valence-corrected chi connectivity index (χ2v) is 4.95. The number of nitrogens with zero attached hydrogens (tertiary/aromatic N) is 1. The minimum absolute atomic E-state index is 0.0534. The quantitative estimate of drug-likeness (QED) is 0.645. The summed E-state index contributed by atoms with van der Waals surface area (Å²) >= 11 is 0. The standard InChI is InChI=1S/C13H18N2O2/c1-8-6-11(15(16)17)7-12(9(8)2)13(14)10-4-3-5-10/h6-7,10,13H,3-5,14H2,1-2H3. The number of rotatable bonds is 3. The molecule has 0 bridgehead atoms. The van der Waals surface area contributed by atoms with Crippen LogP contribution < -0.4 is 5.73 Å². The van der Waals surface area contributed by atoms with Crippen molar-refractivity contribution in [2.75, 3.05) is 0 Å². The number of hydrogen-bond acceptors (Lipinski definition) is 3. The zero-order valence-electron chi connectivity index (χ0n) is 10.3. The first kappa shape index (κ1) is 12.0. The summed E-state index contributed by atoms with van der Waals surface area (Å²) < 4.78 is 0. The summed E-state index contributed by atoms with van der Waals surface area (Å²) in [6.45, 7) is 3.90. The number of nitrogens with two attached hydrogens (primary N) is 1. The zero-order valence-corrected chi connectivity index (χ0v) is 10.3. The number of non-ortho nitro benzene ring substituents is 1. The average molecular weight is 234 g/mol. The maximum atomic E-state index is 10.9. The molecule has 1 aromatic carbocycles. The van der Waals surface area contributed by atoms with Crippen molar-refractivity contribution in [3.8, 4) is 0 Å². The van der Waals surface area contributed by atoms with Crippen molar-refractivity contribution in [2.45, 2.75) is 39.2 Å². The van der Waals surface area contributed by atoms with Crippen LogP contribution in [0.3, 0.4) is 0 Å². The van der Waals surface area contributed by atoms with Crippen molar-refractivity contribution in [1.82, 2.24) is 0 Å². The Hall–Kier alpha value is -1.42. The molecule has 4 heteroatoms. The first-order valence-electron chi connectivity index (χ1n) is 6.02. The molecule has 1 saturated carbocycles. The molecule has 0 aliphatic heterocycles. The summed E-state index contributed by atoms with van der Waals surface area (Å²) in [5, 5.41) is 10.9. The minimum atomic E-state index is -0.344. The van der Waals surface area contributed by atoms with Crippen molar-refractivity contribution in [1.29, 1.82) is 0 Å². The molecule has 2 rings (SSSR count). The molecular weight excluding hydrogens is 216 g/mol. The van der Waals surface area contributed by atoms with Gasteiger partial charge in [0.15, 0.2) is 0 Å². The lowest BCUT2D eigenvalue weighted by atomic mass is 9.76. The molecule has 1 unspecified atom stereocenters. The lowest BCUT2D eigenvalue weighted by Crippen LogP contribution is -2.27. The summed E-state index contributed by atoms with van der Waals surface area (Å²) in [6.07, 6.45) is 3.51. The van der Waals surface area contributed by atoms with Crippen molar-refractivity contribution in [2.24, 2.45) is 11.7 Å². The third-order valence-corrected chi connectivity index (χ3v) is 3.92. The van der Waals surface area contributed by atoms with Crippen molar-refractivity contribution < 1.29 is 4.92 Å². The fourth-order valence-corrected chi connectivity index (χ4v) is 2.37. The highest BCUT2D eigenvalue weighted by Crippen LogP contribution is 2.38. The van der Waals surface area contributed by atoms with Crippen LogP contribution in [0.25, 0.3) is 0 Å². The fraction of sp³-hybridized carbons (Fsp3) is 0.538. The van der Waals surface area contributed by atoms with Gasteiger partial charge >= 0.3 is 0 Å². The smallest absolute Gasteiger partial charge is 0.270 e. The van der Waals surface area contributed by atoms with Gasteiger partial charge in [-0.3, -0.25) is 10.1 Å². The Morgan fingerprint density at radius 3 is 2.53 bits per heavy atom. The van der Waals surface area contributed by atoms with Crippen molar-refractivity contribution in [3.05, 3.63) is 38.9 Å². The van der Waals surface area contributed by atoms with Crippen molar-refractivity contribution >= 4 is 5.69 Å². The molecule has 1 aliphatic carbocycles. The Bertz CT molecular complexity index is 453. The number of nitro groups is 1. The van der Waals surface area contributed by atoms with E-state index >= 15 is 0 Å². The van der Waals surface area contributed by atoms with Crippen LogP contribution in [0.5, 0.6) is 0 Å². The van der Waals surface area contributed by atoms with Crippen LogP contribution >= 0.6 is 0 Å². The van der Waals surface area contributed by atoms with Crippen LogP contribution in [0.1, 0.15) is 42.0 Å². The molecule has 0 spiro atoms. The van der Waals surface area contributed by atoms with Crippen LogP contribution in [0.2, 0.25) is 0 Å². The van der Waals surface area contributed by atoms with E-state index in [0.717, 1.165) is 29.5 Å². The number of benzene rings is 1. The second-order valence-electron chi connectivity index (χ2n) is 4.95. The number of hydrogen-bond donors (Lipinski definition) is 1. The first-order valence-corrected chi connectivity index (χ1v) is 6.02. The molecule has 92 valence electrons. The normalized spacial score (nSPS) is 17.6. The molecule has 1 aliphatic rings. The maximum absolute atomic E-state index is 10.9. The monoisotopic (exact) mass is 234 g/mol. The zero-order chi connectivity index (χ0) is 12.6. The Balaban J connectivity index is 2.40. The van der Waals surface area contributed by atoms with Crippen LogP contribution in [0.15, 0.2) is 12.1 Å². The highest BCUT2D eigenvalue weighted by molar-refractivity contribution is 5.46. The first-order chi connectivity index (χ1) is 8.00. The van der Waals surface area contributed by atoms with Gasteiger partial charge < -0.3 is 5.73 Å². The van der Waals surface area contributed by atoms with E-state index in [2.05, 4.69) is 0 Å². The van der Waals surface area contributed by atoms with E-state index in [0.29, 0.717) is 5.92 Å². The average Bonchev–Trinajstić information content (AvgIpc) is 2.18. The van der Waals surface area contributed by atoms with Gasteiger partial charge in [-0.15, -0.1) is 0 Å². The number of aryl methyl sites for hydroxylation is 1. The van der Waals surface area contributed by atoms with Gasteiger partial charge in [0.1, 0.15) is 0 Å². The van der Waals surface area contributed by atoms with E-state index in [1.165, 1.54) is 6.42 Å². The molecule has 0 saturated heterocycles. The molecule has 1 aromatic rings. The molecule has 0 aromatic heterocycles. The van der Waals surface area contributed by atoms with Gasteiger partial charge in [-0.05, 0) is 49.3 Å². The molecule has 1 atom stereocenters. The molecule has 17 heavy (non-hydrogen) atoms. The molecule has 2 N–H and O–H groups in total.